The van der Waals surface area contributed by atoms with E-state index in [-0.39, 0.29) is 24.3 Å². The lowest BCUT2D eigenvalue weighted by Gasteiger charge is -2.26. The zero-order valence-corrected chi connectivity index (χ0v) is 10.8. The molecule has 1 aliphatic heterocycles. The lowest BCUT2D eigenvalue weighted by molar-refractivity contribution is -0.137. The third-order valence-corrected chi connectivity index (χ3v) is 3.14. The van der Waals surface area contributed by atoms with Gasteiger partial charge in [-0.05, 0) is 19.4 Å². The number of carbonyl (C=O) groups excluding carboxylic acids is 1. The van der Waals surface area contributed by atoms with Gasteiger partial charge in [-0.3, -0.25) is 9.59 Å². The smallest absolute Gasteiger partial charge is 0.305 e. The molecule has 1 amide bonds. The molecule has 1 heterocycles. The fourth-order valence-corrected chi connectivity index (χ4v) is 2.27. The van der Waals surface area contributed by atoms with Gasteiger partial charge in [0.25, 0.3) is 0 Å². The number of amides is 1. The predicted molar refractivity (Wildman–Crippen MR) is 69.2 cm³/mol. The molecule has 2 rings (SSSR count). The lowest BCUT2D eigenvalue weighted by Crippen LogP contribution is -2.39. The van der Waals surface area contributed by atoms with Crippen molar-refractivity contribution in [2.24, 2.45) is 0 Å². The van der Waals surface area contributed by atoms with Gasteiger partial charge in [0.1, 0.15) is 5.75 Å². The van der Waals surface area contributed by atoms with Gasteiger partial charge in [0.15, 0.2) is 0 Å². The molecule has 0 aromatic heterocycles. The first-order chi connectivity index (χ1) is 9.08. The standard InChI is InChI=1S/C14H17NO4/c1-9(8-13(16)17)15-14(18)11-6-7-19-12-5-3-2-4-10(11)12/h2-5,9,11H,6-8H2,1H3,(H,15,18)(H,16,17)/t9-,11+/m1/s1. The first kappa shape index (κ1) is 13.4. The number of aliphatic carboxylic acids is 1. The second-order valence-corrected chi connectivity index (χ2v) is 4.74. The summed E-state index contributed by atoms with van der Waals surface area (Å²) >= 11 is 0. The van der Waals surface area contributed by atoms with Crippen LogP contribution in [0.4, 0.5) is 0 Å². The zero-order chi connectivity index (χ0) is 13.8. The molecule has 0 radical (unpaired) electrons. The first-order valence-electron chi connectivity index (χ1n) is 6.32. The average molecular weight is 263 g/mol. The fraction of sp³-hybridized carbons (Fsp3) is 0.429. The van der Waals surface area contributed by atoms with E-state index in [1.165, 1.54) is 0 Å². The summed E-state index contributed by atoms with van der Waals surface area (Å²) in [6.07, 6.45) is 0.541. The maximum atomic E-state index is 12.2. The number of benzene rings is 1. The first-order valence-corrected chi connectivity index (χ1v) is 6.32. The number of carboxylic acids is 1. The average Bonchev–Trinajstić information content (AvgIpc) is 2.36. The Labute approximate surface area is 111 Å². The van der Waals surface area contributed by atoms with E-state index in [0.29, 0.717) is 13.0 Å². The highest BCUT2D eigenvalue weighted by Gasteiger charge is 2.28. The highest BCUT2D eigenvalue weighted by molar-refractivity contribution is 5.85. The SMILES string of the molecule is C[C@H](CC(=O)O)NC(=O)[C@H]1CCOc2ccccc21. The van der Waals surface area contributed by atoms with Gasteiger partial charge in [-0.15, -0.1) is 0 Å². The minimum absolute atomic E-state index is 0.0728. The molecular weight excluding hydrogens is 246 g/mol. The van der Waals surface area contributed by atoms with E-state index in [1.807, 2.05) is 24.3 Å². The summed E-state index contributed by atoms with van der Waals surface area (Å²) in [6, 6.07) is 7.08. The van der Waals surface area contributed by atoms with Crippen LogP contribution in [0.25, 0.3) is 0 Å². The van der Waals surface area contributed by atoms with E-state index in [9.17, 15) is 9.59 Å². The van der Waals surface area contributed by atoms with Crippen molar-refractivity contribution in [3.63, 3.8) is 0 Å². The number of para-hydroxylation sites is 1. The van der Waals surface area contributed by atoms with E-state index in [4.69, 9.17) is 9.84 Å². The minimum Gasteiger partial charge on any atom is -0.493 e. The highest BCUT2D eigenvalue weighted by atomic mass is 16.5. The maximum Gasteiger partial charge on any atom is 0.305 e. The fourth-order valence-electron chi connectivity index (χ4n) is 2.27. The Morgan fingerprint density at radius 2 is 2.21 bits per heavy atom. The molecule has 0 bridgehead atoms. The molecule has 0 unspecified atom stereocenters. The topological polar surface area (TPSA) is 75.6 Å². The van der Waals surface area contributed by atoms with Crippen LogP contribution in [0.1, 0.15) is 31.2 Å². The van der Waals surface area contributed by atoms with Crippen LogP contribution in [0.5, 0.6) is 5.75 Å². The van der Waals surface area contributed by atoms with Gasteiger partial charge in [-0.25, -0.2) is 0 Å². The number of carboxylic acid groups (broad SMARTS) is 1. The molecule has 1 aromatic rings. The van der Waals surface area contributed by atoms with Crippen LogP contribution in [0, 0.1) is 0 Å². The van der Waals surface area contributed by atoms with Gasteiger partial charge < -0.3 is 15.2 Å². The number of hydrogen-bond acceptors (Lipinski definition) is 3. The number of hydrogen-bond donors (Lipinski definition) is 2. The van der Waals surface area contributed by atoms with E-state index < -0.39 is 5.97 Å². The molecule has 0 spiro atoms. The van der Waals surface area contributed by atoms with Crippen molar-refractivity contribution in [1.29, 1.82) is 0 Å². The molecule has 0 aliphatic carbocycles. The lowest BCUT2D eigenvalue weighted by atomic mass is 9.92. The Morgan fingerprint density at radius 3 is 2.95 bits per heavy atom. The Morgan fingerprint density at radius 1 is 1.47 bits per heavy atom. The summed E-state index contributed by atoms with van der Waals surface area (Å²) in [5.41, 5.74) is 0.869. The van der Waals surface area contributed by atoms with Gasteiger partial charge in [0.05, 0.1) is 18.9 Å². The van der Waals surface area contributed by atoms with Crippen LogP contribution in [-0.2, 0) is 9.59 Å². The predicted octanol–water partition coefficient (Wildman–Crippen LogP) is 1.53. The number of ether oxygens (including phenoxy) is 1. The minimum atomic E-state index is -0.917. The second kappa shape index (κ2) is 5.73. The van der Waals surface area contributed by atoms with E-state index >= 15 is 0 Å². The molecule has 1 aliphatic rings. The van der Waals surface area contributed by atoms with Crippen LogP contribution >= 0.6 is 0 Å². The normalized spacial score (nSPS) is 18.9. The van der Waals surface area contributed by atoms with Gasteiger partial charge in [0.2, 0.25) is 5.91 Å². The molecule has 5 heteroatoms. The molecule has 102 valence electrons. The zero-order valence-electron chi connectivity index (χ0n) is 10.8. The van der Waals surface area contributed by atoms with Gasteiger partial charge in [-0.2, -0.15) is 0 Å². The van der Waals surface area contributed by atoms with Crippen molar-refractivity contribution in [2.45, 2.75) is 31.7 Å². The number of fused-ring (bicyclic) bond motifs is 1. The molecule has 2 N–H and O–H groups in total. The molecule has 0 saturated heterocycles. The van der Waals surface area contributed by atoms with Crippen molar-refractivity contribution in [3.05, 3.63) is 29.8 Å². The van der Waals surface area contributed by atoms with Gasteiger partial charge in [0, 0.05) is 11.6 Å². The van der Waals surface area contributed by atoms with Crippen LogP contribution in [-0.4, -0.2) is 29.6 Å². The van der Waals surface area contributed by atoms with Crippen molar-refractivity contribution in [2.75, 3.05) is 6.61 Å². The van der Waals surface area contributed by atoms with Crippen molar-refractivity contribution < 1.29 is 19.4 Å². The maximum absolute atomic E-state index is 12.2. The van der Waals surface area contributed by atoms with Crippen molar-refractivity contribution >= 4 is 11.9 Å². The number of rotatable bonds is 4. The summed E-state index contributed by atoms with van der Waals surface area (Å²) < 4.78 is 5.50. The van der Waals surface area contributed by atoms with Crippen molar-refractivity contribution in [3.8, 4) is 5.75 Å². The summed E-state index contributed by atoms with van der Waals surface area (Å²) in [4.78, 5) is 22.8. The summed E-state index contributed by atoms with van der Waals surface area (Å²) in [7, 11) is 0. The summed E-state index contributed by atoms with van der Waals surface area (Å²) in [5, 5.41) is 11.4. The van der Waals surface area contributed by atoms with E-state index in [2.05, 4.69) is 5.32 Å². The van der Waals surface area contributed by atoms with Gasteiger partial charge >= 0.3 is 5.97 Å². The molecule has 5 nitrogen and oxygen atoms in total. The number of nitrogens with one attached hydrogen (secondary N) is 1. The summed E-state index contributed by atoms with van der Waals surface area (Å²) in [5.74, 6) is -0.578. The van der Waals surface area contributed by atoms with E-state index in [1.54, 1.807) is 6.92 Å². The van der Waals surface area contributed by atoms with Crippen LogP contribution in [0.2, 0.25) is 0 Å². The molecular formula is C14H17NO4. The van der Waals surface area contributed by atoms with Crippen LogP contribution < -0.4 is 10.1 Å². The Hall–Kier alpha value is -2.04. The molecule has 1 aromatic carbocycles. The van der Waals surface area contributed by atoms with Gasteiger partial charge in [-0.1, -0.05) is 18.2 Å². The molecule has 2 atom stereocenters. The Balaban J connectivity index is 2.06. The number of carbonyl (C=O) groups is 2. The van der Waals surface area contributed by atoms with Crippen LogP contribution in [0.3, 0.4) is 0 Å². The van der Waals surface area contributed by atoms with Crippen LogP contribution in [0.15, 0.2) is 24.3 Å². The molecule has 0 saturated carbocycles. The third kappa shape index (κ3) is 3.24. The largest absolute Gasteiger partial charge is 0.493 e. The quantitative estimate of drug-likeness (QED) is 0.863. The molecule has 19 heavy (non-hydrogen) atoms. The second-order valence-electron chi connectivity index (χ2n) is 4.74. The summed E-state index contributed by atoms with van der Waals surface area (Å²) in [6.45, 7) is 2.19. The van der Waals surface area contributed by atoms with E-state index in [0.717, 1.165) is 11.3 Å². The third-order valence-electron chi connectivity index (χ3n) is 3.14. The molecule has 0 fully saturated rings. The Bertz CT molecular complexity index is 486. The monoisotopic (exact) mass is 263 g/mol. The Kier molecular flexibility index (Phi) is 4.04. The van der Waals surface area contributed by atoms with Crippen molar-refractivity contribution in [1.82, 2.24) is 5.32 Å². The highest BCUT2D eigenvalue weighted by Crippen LogP contribution is 2.33.